The number of fused-ring (bicyclic) bond motifs is 1. The number of nitrogens with one attached hydrogen (secondary N) is 1. The summed E-state index contributed by atoms with van der Waals surface area (Å²) in [6.07, 6.45) is 0. The van der Waals surface area contributed by atoms with Crippen LogP contribution in [0.2, 0.25) is 0 Å². The first-order valence-corrected chi connectivity index (χ1v) is 8.13. The Kier molecular flexibility index (Phi) is 4.88. The normalized spacial score (nSPS) is 10.7. The number of amides is 2. The number of para-hydroxylation sites is 2. The van der Waals surface area contributed by atoms with Crippen molar-refractivity contribution in [3.63, 3.8) is 0 Å². The van der Waals surface area contributed by atoms with Crippen molar-refractivity contribution in [2.45, 2.75) is 13.1 Å². The second kappa shape index (κ2) is 7.26. The van der Waals surface area contributed by atoms with Gasteiger partial charge in [0.15, 0.2) is 5.58 Å². The van der Waals surface area contributed by atoms with Gasteiger partial charge in [-0.25, -0.2) is 4.79 Å². The zero-order chi connectivity index (χ0) is 18.7. The van der Waals surface area contributed by atoms with Gasteiger partial charge >= 0.3 is 5.76 Å². The lowest BCUT2D eigenvalue weighted by Gasteiger charge is -2.17. The Hall–Kier alpha value is -3.35. The van der Waals surface area contributed by atoms with E-state index in [9.17, 15) is 14.4 Å². The van der Waals surface area contributed by atoms with Crippen LogP contribution in [0.25, 0.3) is 11.1 Å². The molecule has 3 rings (SSSR count). The first kappa shape index (κ1) is 17.5. The van der Waals surface area contributed by atoms with Crippen molar-refractivity contribution in [2.75, 3.05) is 14.1 Å². The van der Waals surface area contributed by atoms with E-state index >= 15 is 0 Å². The number of carbonyl (C=O) groups excluding carboxylic acids is 2. The van der Waals surface area contributed by atoms with E-state index in [1.54, 1.807) is 62.6 Å². The van der Waals surface area contributed by atoms with Crippen molar-refractivity contribution in [3.8, 4) is 0 Å². The number of benzene rings is 2. The predicted molar refractivity (Wildman–Crippen MR) is 96.8 cm³/mol. The summed E-state index contributed by atoms with van der Waals surface area (Å²) in [6, 6.07) is 14.0. The molecule has 0 saturated heterocycles. The van der Waals surface area contributed by atoms with Crippen LogP contribution in [-0.4, -0.2) is 35.4 Å². The summed E-state index contributed by atoms with van der Waals surface area (Å²) in [6.45, 7) is 0.278. The molecule has 7 nitrogen and oxygen atoms in total. The third-order valence-corrected chi connectivity index (χ3v) is 4.16. The van der Waals surface area contributed by atoms with Crippen LogP contribution >= 0.6 is 0 Å². The van der Waals surface area contributed by atoms with Gasteiger partial charge in [0.05, 0.1) is 5.52 Å². The Balaban J connectivity index is 1.71. The summed E-state index contributed by atoms with van der Waals surface area (Å²) in [5, 5.41) is 2.56. The van der Waals surface area contributed by atoms with Gasteiger partial charge in [-0.3, -0.25) is 14.2 Å². The van der Waals surface area contributed by atoms with Gasteiger partial charge in [0.1, 0.15) is 6.54 Å². The highest BCUT2D eigenvalue weighted by Gasteiger charge is 2.15. The van der Waals surface area contributed by atoms with Crippen molar-refractivity contribution in [1.82, 2.24) is 14.8 Å². The maximum atomic E-state index is 12.5. The minimum atomic E-state index is -0.553. The van der Waals surface area contributed by atoms with E-state index in [4.69, 9.17) is 4.42 Å². The molecule has 1 heterocycles. The standard InChI is InChI=1S/C19H19N3O4/c1-20-18(24)14-9-7-13(8-10-14)11-21(2)17(23)12-22-15-5-3-4-6-16(15)26-19(22)25/h3-10H,11-12H2,1-2H3,(H,20,24). The van der Waals surface area contributed by atoms with E-state index in [1.165, 1.54) is 9.47 Å². The molecule has 7 heteroatoms. The molecule has 0 saturated carbocycles. The smallest absolute Gasteiger partial charge is 0.408 e. The quantitative estimate of drug-likeness (QED) is 0.755. The Morgan fingerprint density at radius 1 is 1.12 bits per heavy atom. The second-order valence-corrected chi connectivity index (χ2v) is 5.95. The Bertz CT molecular complexity index is 1000. The molecule has 0 bridgehead atoms. The molecular formula is C19H19N3O4. The Labute approximate surface area is 149 Å². The molecule has 0 fully saturated rings. The van der Waals surface area contributed by atoms with Crippen LogP contribution in [0.5, 0.6) is 0 Å². The number of carbonyl (C=O) groups is 2. The molecule has 3 aromatic rings. The van der Waals surface area contributed by atoms with Gasteiger partial charge in [-0.15, -0.1) is 0 Å². The predicted octanol–water partition coefficient (Wildman–Crippen LogP) is 1.61. The maximum absolute atomic E-state index is 12.5. The molecule has 0 spiro atoms. The monoisotopic (exact) mass is 353 g/mol. The lowest BCUT2D eigenvalue weighted by Crippen LogP contribution is -2.32. The maximum Gasteiger partial charge on any atom is 0.420 e. The van der Waals surface area contributed by atoms with Gasteiger partial charge in [-0.2, -0.15) is 0 Å². The van der Waals surface area contributed by atoms with E-state index in [2.05, 4.69) is 5.32 Å². The fourth-order valence-electron chi connectivity index (χ4n) is 2.69. The fraction of sp³-hybridized carbons (Fsp3) is 0.211. The number of hydrogen-bond acceptors (Lipinski definition) is 4. The van der Waals surface area contributed by atoms with Crippen LogP contribution in [0, 0.1) is 0 Å². The molecule has 0 radical (unpaired) electrons. The van der Waals surface area contributed by atoms with Gasteiger partial charge in [0, 0.05) is 26.2 Å². The first-order chi connectivity index (χ1) is 12.5. The van der Waals surface area contributed by atoms with E-state index in [-0.39, 0.29) is 18.4 Å². The van der Waals surface area contributed by atoms with Crippen molar-refractivity contribution < 1.29 is 14.0 Å². The molecule has 0 atom stereocenters. The molecule has 134 valence electrons. The van der Waals surface area contributed by atoms with Crippen molar-refractivity contribution >= 4 is 22.9 Å². The zero-order valence-electron chi connectivity index (χ0n) is 14.6. The van der Waals surface area contributed by atoms with Crippen LogP contribution < -0.4 is 11.1 Å². The fourth-order valence-corrected chi connectivity index (χ4v) is 2.69. The molecule has 1 aromatic heterocycles. The zero-order valence-corrected chi connectivity index (χ0v) is 14.6. The van der Waals surface area contributed by atoms with Gasteiger partial charge in [0.2, 0.25) is 5.91 Å². The molecule has 26 heavy (non-hydrogen) atoms. The molecular weight excluding hydrogens is 334 g/mol. The van der Waals surface area contributed by atoms with E-state index < -0.39 is 5.76 Å². The van der Waals surface area contributed by atoms with Crippen LogP contribution in [0.3, 0.4) is 0 Å². The van der Waals surface area contributed by atoms with E-state index in [1.807, 2.05) is 0 Å². The number of rotatable bonds is 5. The summed E-state index contributed by atoms with van der Waals surface area (Å²) in [4.78, 5) is 37.6. The first-order valence-electron chi connectivity index (χ1n) is 8.13. The SMILES string of the molecule is CNC(=O)c1ccc(CN(C)C(=O)Cn2c(=O)oc3ccccc32)cc1. The second-order valence-electron chi connectivity index (χ2n) is 5.95. The Morgan fingerprint density at radius 3 is 2.50 bits per heavy atom. The number of hydrogen-bond donors (Lipinski definition) is 1. The van der Waals surface area contributed by atoms with Crippen molar-refractivity contribution in [2.24, 2.45) is 0 Å². The molecule has 2 amide bonds. The highest BCUT2D eigenvalue weighted by molar-refractivity contribution is 5.93. The van der Waals surface area contributed by atoms with E-state index in [0.717, 1.165) is 5.56 Å². The average Bonchev–Trinajstić information content (AvgIpc) is 2.97. The van der Waals surface area contributed by atoms with Crippen LogP contribution in [0.4, 0.5) is 0 Å². The summed E-state index contributed by atoms with van der Waals surface area (Å²) >= 11 is 0. The number of aromatic nitrogens is 1. The van der Waals surface area contributed by atoms with Gasteiger partial charge in [-0.05, 0) is 29.8 Å². The molecule has 0 aliphatic carbocycles. The highest BCUT2D eigenvalue weighted by atomic mass is 16.4. The highest BCUT2D eigenvalue weighted by Crippen LogP contribution is 2.12. The van der Waals surface area contributed by atoms with Gasteiger partial charge in [0.25, 0.3) is 5.91 Å². The van der Waals surface area contributed by atoms with Crippen LogP contribution in [0.15, 0.2) is 57.7 Å². The number of likely N-dealkylation sites (N-methyl/N-ethyl adjacent to an activating group) is 1. The minimum Gasteiger partial charge on any atom is -0.408 e. The van der Waals surface area contributed by atoms with Gasteiger partial charge < -0.3 is 14.6 Å². The lowest BCUT2D eigenvalue weighted by atomic mass is 10.1. The summed E-state index contributed by atoms with van der Waals surface area (Å²) in [7, 11) is 3.24. The summed E-state index contributed by atoms with van der Waals surface area (Å²) in [5.41, 5.74) is 2.49. The molecule has 0 unspecified atom stereocenters. The summed E-state index contributed by atoms with van der Waals surface area (Å²) < 4.78 is 6.47. The molecule has 0 aliphatic heterocycles. The minimum absolute atomic E-state index is 0.0946. The lowest BCUT2D eigenvalue weighted by molar-refractivity contribution is -0.131. The largest absolute Gasteiger partial charge is 0.420 e. The van der Waals surface area contributed by atoms with Crippen LogP contribution in [-0.2, 0) is 17.9 Å². The van der Waals surface area contributed by atoms with Crippen molar-refractivity contribution in [3.05, 3.63) is 70.2 Å². The average molecular weight is 353 g/mol. The molecule has 2 aromatic carbocycles. The van der Waals surface area contributed by atoms with E-state index in [0.29, 0.717) is 23.2 Å². The number of oxazole rings is 1. The van der Waals surface area contributed by atoms with Crippen molar-refractivity contribution in [1.29, 1.82) is 0 Å². The third-order valence-electron chi connectivity index (χ3n) is 4.16. The molecule has 1 N–H and O–H groups in total. The summed E-state index contributed by atoms with van der Waals surface area (Å²) in [5.74, 6) is -0.927. The Morgan fingerprint density at radius 2 is 1.81 bits per heavy atom. The topological polar surface area (TPSA) is 84.5 Å². The third kappa shape index (κ3) is 3.51. The molecule has 0 aliphatic rings. The number of nitrogens with zero attached hydrogens (tertiary/aromatic N) is 2. The van der Waals surface area contributed by atoms with Crippen LogP contribution in [0.1, 0.15) is 15.9 Å². The van der Waals surface area contributed by atoms with Gasteiger partial charge in [-0.1, -0.05) is 24.3 Å².